The van der Waals surface area contributed by atoms with Crippen LogP contribution < -0.4 is 0 Å². The van der Waals surface area contributed by atoms with Gasteiger partial charge in [0, 0.05) is 5.41 Å². The van der Waals surface area contributed by atoms with Crippen molar-refractivity contribution in [3.8, 4) is 0 Å². The van der Waals surface area contributed by atoms with E-state index in [2.05, 4.69) is 20.8 Å². The summed E-state index contributed by atoms with van der Waals surface area (Å²) in [6.07, 6.45) is 12.0. The lowest BCUT2D eigenvalue weighted by atomic mass is 9.41. The summed E-state index contributed by atoms with van der Waals surface area (Å²) in [6.45, 7) is 6.80. The lowest BCUT2D eigenvalue weighted by Crippen LogP contribution is -2.56. The number of aldehydes is 1. The van der Waals surface area contributed by atoms with Gasteiger partial charge in [0.1, 0.15) is 6.29 Å². The lowest BCUT2D eigenvalue weighted by Gasteiger charge is -2.63. The average Bonchev–Trinajstić information content (AvgIpc) is 2.63. The van der Waals surface area contributed by atoms with Crippen LogP contribution in [0.5, 0.6) is 0 Å². The maximum atomic E-state index is 11.9. The molecule has 2 nitrogen and oxygen atoms in total. The quantitative estimate of drug-likeness (QED) is 0.731. The molecule has 4 rings (SSSR count). The fraction of sp³-hybridized carbons (Fsp3) is 0.950. The van der Waals surface area contributed by atoms with Gasteiger partial charge in [-0.1, -0.05) is 20.3 Å². The molecule has 0 heterocycles. The summed E-state index contributed by atoms with van der Waals surface area (Å²) in [5.74, 6) is 1.80. The van der Waals surface area contributed by atoms with Crippen molar-refractivity contribution in [3.63, 3.8) is 0 Å². The van der Waals surface area contributed by atoms with Crippen molar-refractivity contribution >= 4 is 6.29 Å². The molecule has 4 saturated carbocycles. The van der Waals surface area contributed by atoms with E-state index < -0.39 is 5.60 Å². The van der Waals surface area contributed by atoms with E-state index in [1.807, 2.05) is 0 Å². The van der Waals surface area contributed by atoms with Crippen LogP contribution in [0.3, 0.4) is 0 Å². The number of fused-ring (bicyclic) bond motifs is 3. The van der Waals surface area contributed by atoms with Crippen LogP contribution in [-0.4, -0.2) is 17.0 Å². The molecule has 0 saturated heterocycles. The zero-order valence-electron chi connectivity index (χ0n) is 14.5. The second kappa shape index (κ2) is 4.37. The standard InChI is InChI=1S/C20H32O2/c1-17(13-21)8-4-9-18(2)15(17)7-10-20-11-14(5-6-16(18)20)19(3,22)12-20/h13-16,22H,4-12H2,1-3H3. The highest BCUT2D eigenvalue weighted by Gasteiger charge is 2.66. The fourth-order valence-electron chi connectivity index (χ4n) is 7.99. The van der Waals surface area contributed by atoms with Gasteiger partial charge in [-0.25, -0.2) is 0 Å². The number of hydrogen-bond donors (Lipinski definition) is 1. The molecule has 0 aromatic heterocycles. The zero-order valence-corrected chi connectivity index (χ0v) is 14.5. The first-order valence-corrected chi connectivity index (χ1v) is 9.45. The minimum Gasteiger partial charge on any atom is -0.390 e. The fourth-order valence-corrected chi connectivity index (χ4v) is 7.99. The Morgan fingerprint density at radius 1 is 1.00 bits per heavy atom. The first kappa shape index (κ1) is 15.2. The Kier molecular flexibility index (Phi) is 3.02. The summed E-state index contributed by atoms with van der Waals surface area (Å²) >= 11 is 0. The van der Waals surface area contributed by atoms with Crippen molar-refractivity contribution in [2.75, 3.05) is 0 Å². The number of hydrogen-bond acceptors (Lipinski definition) is 2. The molecule has 0 amide bonds. The molecule has 0 aliphatic heterocycles. The summed E-state index contributed by atoms with van der Waals surface area (Å²) in [5, 5.41) is 10.9. The highest BCUT2D eigenvalue weighted by molar-refractivity contribution is 5.60. The minimum atomic E-state index is -0.444. The van der Waals surface area contributed by atoms with Gasteiger partial charge in [0.15, 0.2) is 0 Å². The van der Waals surface area contributed by atoms with Crippen LogP contribution >= 0.6 is 0 Å². The normalized spacial score (nSPS) is 60.5. The monoisotopic (exact) mass is 304 g/mol. The van der Waals surface area contributed by atoms with E-state index in [1.54, 1.807) is 0 Å². The predicted octanol–water partition coefficient (Wildman–Crippen LogP) is 4.35. The summed E-state index contributed by atoms with van der Waals surface area (Å²) in [7, 11) is 0. The maximum absolute atomic E-state index is 11.9. The van der Waals surface area contributed by atoms with Gasteiger partial charge in [-0.3, -0.25) is 0 Å². The molecule has 0 aromatic rings. The zero-order chi connectivity index (χ0) is 15.8. The molecule has 4 aliphatic rings. The second-order valence-corrected chi connectivity index (χ2v) is 10.0. The highest BCUT2D eigenvalue weighted by Crippen LogP contribution is 2.72. The molecule has 1 spiro atoms. The molecule has 0 radical (unpaired) electrons. The van der Waals surface area contributed by atoms with E-state index in [-0.39, 0.29) is 5.41 Å². The molecular formula is C20H32O2. The van der Waals surface area contributed by atoms with Crippen molar-refractivity contribution in [3.05, 3.63) is 0 Å². The second-order valence-electron chi connectivity index (χ2n) is 10.0. The number of carbonyl (C=O) groups is 1. The van der Waals surface area contributed by atoms with E-state index in [0.29, 0.717) is 22.7 Å². The van der Waals surface area contributed by atoms with Gasteiger partial charge in [0.05, 0.1) is 5.60 Å². The molecular weight excluding hydrogens is 272 g/mol. The van der Waals surface area contributed by atoms with Gasteiger partial charge in [-0.15, -0.1) is 0 Å². The molecule has 22 heavy (non-hydrogen) atoms. The Balaban J connectivity index is 1.74. The van der Waals surface area contributed by atoms with Crippen molar-refractivity contribution < 1.29 is 9.90 Å². The molecule has 2 heteroatoms. The van der Waals surface area contributed by atoms with Gasteiger partial charge in [0.2, 0.25) is 0 Å². The summed E-state index contributed by atoms with van der Waals surface area (Å²) < 4.78 is 0. The number of aliphatic hydroxyl groups is 1. The average molecular weight is 304 g/mol. The van der Waals surface area contributed by atoms with Gasteiger partial charge in [-0.05, 0) is 86.9 Å². The van der Waals surface area contributed by atoms with Gasteiger partial charge in [-0.2, -0.15) is 0 Å². The van der Waals surface area contributed by atoms with Crippen LogP contribution in [0, 0.1) is 34.0 Å². The Morgan fingerprint density at radius 2 is 1.77 bits per heavy atom. The van der Waals surface area contributed by atoms with E-state index in [0.717, 1.165) is 18.8 Å². The van der Waals surface area contributed by atoms with Crippen LogP contribution in [0.15, 0.2) is 0 Å². The number of carbonyl (C=O) groups excluding carboxylic acids is 1. The van der Waals surface area contributed by atoms with Crippen LogP contribution in [0.2, 0.25) is 0 Å². The Morgan fingerprint density at radius 3 is 2.50 bits per heavy atom. The SMILES string of the molecule is CC1(O)CC23CCC4C(C)(C=O)CCCC4(C)C2CCC1C3. The Labute approximate surface area is 135 Å². The minimum absolute atomic E-state index is 0.105. The molecule has 2 bridgehead atoms. The third kappa shape index (κ3) is 1.74. The molecule has 7 atom stereocenters. The van der Waals surface area contributed by atoms with E-state index >= 15 is 0 Å². The van der Waals surface area contributed by atoms with Crippen molar-refractivity contribution in [2.45, 2.75) is 84.2 Å². The van der Waals surface area contributed by atoms with Crippen molar-refractivity contribution in [1.82, 2.24) is 0 Å². The van der Waals surface area contributed by atoms with Crippen LogP contribution in [-0.2, 0) is 4.79 Å². The maximum Gasteiger partial charge on any atom is 0.126 e. The van der Waals surface area contributed by atoms with Crippen molar-refractivity contribution in [2.24, 2.45) is 34.0 Å². The van der Waals surface area contributed by atoms with Crippen LogP contribution in [0.1, 0.15) is 78.6 Å². The van der Waals surface area contributed by atoms with Crippen LogP contribution in [0.25, 0.3) is 0 Å². The summed E-state index contributed by atoms with van der Waals surface area (Å²) in [4.78, 5) is 11.9. The number of rotatable bonds is 1. The molecule has 1 N–H and O–H groups in total. The largest absolute Gasteiger partial charge is 0.390 e. The summed E-state index contributed by atoms with van der Waals surface area (Å²) in [6, 6.07) is 0. The summed E-state index contributed by atoms with van der Waals surface area (Å²) in [5.41, 5.74) is 0.142. The first-order valence-electron chi connectivity index (χ1n) is 9.45. The van der Waals surface area contributed by atoms with E-state index in [9.17, 15) is 9.90 Å². The third-order valence-electron chi connectivity index (χ3n) is 8.80. The molecule has 124 valence electrons. The van der Waals surface area contributed by atoms with Gasteiger partial charge < -0.3 is 9.90 Å². The Bertz CT molecular complexity index is 498. The molecule has 0 aromatic carbocycles. The third-order valence-corrected chi connectivity index (χ3v) is 8.80. The predicted molar refractivity (Wildman–Crippen MR) is 87.4 cm³/mol. The van der Waals surface area contributed by atoms with Gasteiger partial charge in [0.25, 0.3) is 0 Å². The topological polar surface area (TPSA) is 37.3 Å². The molecule has 4 aliphatic carbocycles. The molecule has 7 unspecified atom stereocenters. The Hall–Kier alpha value is -0.370. The molecule has 4 fully saturated rings. The lowest BCUT2D eigenvalue weighted by molar-refractivity contribution is -0.157. The van der Waals surface area contributed by atoms with Crippen LogP contribution in [0.4, 0.5) is 0 Å². The highest BCUT2D eigenvalue weighted by atomic mass is 16.3. The smallest absolute Gasteiger partial charge is 0.126 e. The van der Waals surface area contributed by atoms with E-state index in [4.69, 9.17) is 0 Å². The first-order chi connectivity index (χ1) is 10.3. The van der Waals surface area contributed by atoms with E-state index in [1.165, 1.54) is 51.2 Å². The van der Waals surface area contributed by atoms with Gasteiger partial charge >= 0.3 is 0 Å². The van der Waals surface area contributed by atoms with Crippen molar-refractivity contribution in [1.29, 1.82) is 0 Å².